The first-order valence-electron chi connectivity index (χ1n) is 9.29. The molecule has 3 aromatic rings. The fraction of sp³-hybridized carbons (Fsp3) is 0.333. The third-order valence-corrected chi connectivity index (χ3v) is 5.19. The molecule has 6 nitrogen and oxygen atoms in total. The van der Waals surface area contributed by atoms with Crippen LogP contribution in [-0.4, -0.2) is 39.7 Å². The smallest absolute Gasteiger partial charge is 0.258 e. The maximum atomic E-state index is 13.4. The van der Waals surface area contributed by atoms with Crippen molar-refractivity contribution in [2.75, 3.05) is 13.1 Å². The highest BCUT2D eigenvalue weighted by Gasteiger charge is 2.34. The molecule has 0 spiro atoms. The number of nitrogens with zero attached hydrogens (tertiary/aromatic N) is 3. The monoisotopic (exact) mass is 400 g/mol. The molecular weight excluding hydrogens is 376 g/mol. The number of hydrogen-bond donors (Lipinski definition) is 1. The van der Waals surface area contributed by atoms with Crippen LogP contribution in [0, 0.1) is 12.8 Å². The normalized spacial score (nSPS) is 18.9. The van der Waals surface area contributed by atoms with Gasteiger partial charge in [0.25, 0.3) is 5.91 Å². The van der Waals surface area contributed by atoms with Gasteiger partial charge in [-0.15, -0.1) is 12.4 Å². The summed E-state index contributed by atoms with van der Waals surface area (Å²) in [7, 11) is 0. The Morgan fingerprint density at radius 2 is 2.00 bits per heavy atom. The van der Waals surface area contributed by atoms with E-state index in [0.29, 0.717) is 36.0 Å². The Balaban J connectivity index is 0.00000225. The van der Waals surface area contributed by atoms with Crippen molar-refractivity contribution >= 4 is 18.3 Å². The van der Waals surface area contributed by atoms with Crippen LogP contribution in [0.25, 0.3) is 17.1 Å². The summed E-state index contributed by atoms with van der Waals surface area (Å²) in [5, 5.41) is 4.67. The minimum Gasteiger partial charge on any atom is -0.460 e. The molecule has 28 heavy (non-hydrogen) atoms. The van der Waals surface area contributed by atoms with Gasteiger partial charge in [-0.3, -0.25) is 4.79 Å². The van der Waals surface area contributed by atoms with Crippen LogP contribution in [-0.2, 0) is 0 Å². The number of hydrogen-bond acceptors (Lipinski definition) is 4. The van der Waals surface area contributed by atoms with E-state index in [4.69, 9.17) is 10.2 Å². The van der Waals surface area contributed by atoms with Crippen LogP contribution in [0.5, 0.6) is 0 Å². The summed E-state index contributed by atoms with van der Waals surface area (Å²) in [5.41, 5.74) is 7.85. The molecule has 0 aliphatic carbocycles. The first kappa shape index (κ1) is 20.2. The van der Waals surface area contributed by atoms with Crippen LogP contribution in [0.2, 0.25) is 0 Å². The van der Waals surface area contributed by atoms with Gasteiger partial charge in [0.15, 0.2) is 5.76 Å². The molecule has 0 saturated carbocycles. The molecule has 0 bridgehead atoms. The van der Waals surface area contributed by atoms with E-state index in [0.717, 1.165) is 17.9 Å². The molecule has 4 rings (SSSR count). The van der Waals surface area contributed by atoms with Gasteiger partial charge in [0.05, 0.1) is 11.3 Å². The van der Waals surface area contributed by atoms with Crippen molar-refractivity contribution in [1.29, 1.82) is 0 Å². The number of nitrogens with two attached hydrogens (primary N) is 1. The third-order valence-electron chi connectivity index (χ3n) is 5.19. The lowest BCUT2D eigenvalue weighted by Crippen LogP contribution is -2.34. The van der Waals surface area contributed by atoms with E-state index in [1.54, 1.807) is 10.9 Å². The zero-order valence-electron chi connectivity index (χ0n) is 16.0. The maximum absolute atomic E-state index is 13.4. The molecule has 148 valence electrons. The van der Waals surface area contributed by atoms with Gasteiger partial charge in [-0.05, 0) is 57.0 Å². The average Bonchev–Trinajstić information content (AvgIpc) is 3.39. The number of carbonyl (C=O) groups excluding carboxylic acids is 1. The average molecular weight is 401 g/mol. The summed E-state index contributed by atoms with van der Waals surface area (Å²) in [4.78, 5) is 15.3. The maximum Gasteiger partial charge on any atom is 0.258 e. The predicted octanol–water partition coefficient (Wildman–Crippen LogP) is 3.67. The summed E-state index contributed by atoms with van der Waals surface area (Å²) in [6.07, 6.45) is 2.73. The number of likely N-dealkylation sites (tertiary alicyclic amines) is 1. The number of para-hydroxylation sites is 1. The number of carbonyl (C=O) groups is 1. The van der Waals surface area contributed by atoms with Gasteiger partial charge in [-0.1, -0.05) is 18.2 Å². The molecular formula is C21H25ClN4O2. The highest BCUT2D eigenvalue weighted by Crippen LogP contribution is 2.30. The topological polar surface area (TPSA) is 77.3 Å². The second-order valence-corrected chi connectivity index (χ2v) is 7.23. The standard InChI is InChI=1S/C21H24N4O2.ClH/c1-14-10-16(11-22)12-24(14)21(26)18-13-25(17-6-4-3-5-7-17)23-20(18)19-9-8-15(2)27-19;/h3-9,13-14,16H,10-12,22H2,1-2H3;1H. The molecule has 1 fully saturated rings. The molecule has 2 atom stereocenters. The van der Waals surface area contributed by atoms with E-state index in [-0.39, 0.29) is 24.4 Å². The lowest BCUT2D eigenvalue weighted by Gasteiger charge is -2.21. The number of furan rings is 1. The first-order valence-corrected chi connectivity index (χ1v) is 9.29. The lowest BCUT2D eigenvalue weighted by molar-refractivity contribution is 0.0744. The fourth-order valence-electron chi connectivity index (χ4n) is 3.74. The molecule has 0 radical (unpaired) electrons. The van der Waals surface area contributed by atoms with Crippen molar-refractivity contribution in [3.63, 3.8) is 0 Å². The lowest BCUT2D eigenvalue weighted by atomic mass is 10.1. The van der Waals surface area contributed by atoms with Gasteiger partial charge in [0, 0.05) is 18.8 Å². The first-order chi connectivity index (χ1) is 13.1. The zero-order valence-corrected chi connectivity index (χ0v) is 16.9. The Morgan fingerprint density at radius 1 is 1.25 bits per heavy atom. The van der Waals surface area contributed by atoms with Crippen molar-refractivity contribution in [1.82, 2.24) is 14.7 Å². The Hall–Kier alpha value is -2.57. The van der Waals surface area contributed by atoms with Crippen LogP contribution in [0.1, 0.15) is 29.5 Å². The van der Waals surface area contributed by atoms with E-state index < -0.39 is 0 Å². The summed E-state index contributed by atoms with van der Waals surface area (Å²) in [6, 6.07) is 13.7. The second-order valence-electron chi connectivity index (χ2n) is 7.23. The Bertz CT molecular complexity index is 950. The van der Waals surface area contributed by atoms with Crippen LogP contribution in [0.4, 0.5) is 0 Å². The Labute approximate surface area is 170 Å². The number of aryl methyl sites for hydroxylation is 1. The summed E-state index contributed by atoms with van der Waals surface area (Å²) < 4.78 is 7.51. The second kappa shape index (κ2) is 8.20. The quantitative estimate of drug-likeness (QED) is 0.724. The number of aromatic nitrogens is 2. The summed E-state index contributed by atoms with van der Waals surface area (Å²) in [6.45, 7) is 5.24. The van der Waals surface area contributed by atoms with Crippen molar-refractivity contribution in [3.05, 3.63) is 60.0 Å². The van der Waals surface area contributed by atoms with Crippen molar-refractivity contribution < 1.29 is 9.21 Å². The molecule has 2 aromatic heterocycles. The molecule has 1 aliphatic rings. The minimum absolute atomic E-state index is 0. The van der Waals surface area contributed by atoms with Crippen molar-refractivity contribution in [2.24, 2.45) is 11.7 Å². The van der Waals surface area contributed by atoms with Crippen molar-refractivity contribution in [2.45, 2.75) is 26.3 Å². The van der Waals surface area contributed by atoms with Gasteiger partial charge in [0.1, 0.15) is 11.5 Å². The molecule has 7 heteroatoms. The third kappa shape index (κ3) is 3.70. The van der Waals surface area contributed by atoms with E-state index >= 15 is 0 Å². The van der Waals surface area contributed by atoms with Crippen LogP contribution in [0.15, 0.2) is 53.1 Å². The SMILES string of the molecule is Cc1ccc(-c2nn(-c3ccccc3)cc2C(=O)N2CC(CN)CC2C)o1.Cl. The Morgan fingerprint density at radius 3 is 2.61 bits per heavy atom. The van der Waals surface area contributed by atoms with E-state index in [9.17, 15) is 4.79 Å². The molecule has 1 aromatic carbocycles. The van der Waals surface area contributed by atoms with Gasteiger partial charge in [-0.25, -0.2) is 4.68 Å². The summed E-state index contributed by atoms with van der Waals surface area (Å²) >= 11 is 0. The number of halogens is 1. The number of amides is 1. The molecule has 1 aliphatic heterocycles. The van der Waals surface area contributed by atoms with Crippen LogP contribution >= 0.6 is 12.4 Å². The van der Waals surface area contributed by atoms with Gasteiger partial charge in [0.2, 0.25) is 0 Å². The Kier molecular flexibility index (Phi) is 5.91. The van der Waals surface area contributed by atoms with Crippen LogP contribution in [0.3, 0.4) is 0 Å². The highest BCUT2D eigenvalue weighted by molar-refractivity contribution is 5.99. The summed E-state index contributed by atoms with van der Waals surface area (Å²) in [5.74, 6) is 1.72. The van der Waals surface area contributed by atoms with Crippen LogP contribution < -0.4 is 5.73 Å². The molecule has 1 saturated heterocycles. The van der Waals surface area contributed by atoms with Crippen molar-refractivity contribution in [3.8, 4) is 17.1 Å². The van der Waals surface area contributed by atoms with Gasteiger partial charge >= 0.3 is 0 Å². The zero-order chi connectivity index (χ0) is 19.0. The number of rotatable bonds is 4. The molecule has 3 heterocycles. The van der Waals surface area contributed by atoms with E-state index in [1.807, 2.05) is 54.3 Å². The van der Waals surface area contributed by atoms with Gasteiger partial charge in [-0.2, -0.15) is 5.10 Å². The molecule has 1 amide bonds. The van der Waals surface area contributed by atoms with Gasteiger partial charge < -0.3 is 15.1 Å². The number of benzene rings is 1. The van der Waals surface area contributed by atoms with E-state index in [1.165, 1.54) is 0 Å². The highest BCUT2D eigenvalue weighted by atomic mass is 35.5. The van der Waals surface area contributed by atoms with E-state index in [2.05, 4.69) is 12.0 Å². The fourth-order valence-corrected chi connectivity index (χ4v) is 3.74. The molecule has 2 N–H and O–H groups in total. The minimum atomic E-state index is -0.0234. The predicted molar refractivity (Wildman–Crippen MR) is 111 cm³/mol. The largest absolute Gasteiger partial charge is 0.460 e. The molecule has 2 unspecified atom stereocenters.